The molecule has 0 saturated heterocycles. The van der Waals surface area contributed by atoms with Crippen molar-refractivity contribution >= 4 is 11.9 Å². The van der Waals surface area contributed by atoms with Crippen molar-refractivity contribution in [3.8, 4) is 0 Å². The SMILES string of the molecule is CC(C)OC(=O)CC(C(=O)OC(C)C)C(F)(F)F. The van der Waals surface area contributed by atoms with E-state index in [9.17, 15) is 22.8 Å². The van der Waals surface area contributed by atoms with E-state index in [1.54, 1.807) is 0 Å². The zero-order valence-corrected chi connectivity index (χ0v) is 10.7. The van der Waals surface area contributed by atoms with E-state index in [4.69, 9.17) is 0 Å². The number of rotatable bonds is 5. The summed E-state index contributed by atoms with van der Waals surface area (Å²) in [5.74, 6) is -5.02. The highest BCUT2D eigenvalue weighted by molar-refractivity contribution is 5.80. The van der Waals surface area contributed by atoms with Crippen molar-refractivity contribution in [3.63, 3.8) is 0 Å². The van der Waals surface area contributed by atoms with E-state index < -0.39 is 42.7 Å². The Morgan fingerprint density at radius 1 is 1.00 bits per heavy atom. The second-order valence-corrected chi connectivity index (χ2v) is 4.32. The predicted octanol–water partition coefficient (Wildman–Crippen LogP) is 2.46. The molecule has 1 unspecified atom stereocenters. The summed E-state index contributed by atoms with van der Waals surface area (Å²) in [5.41, 5.74) is 0. The molecule has 0 bridgehead atoms. The first-order chi connectivity index (χ1) is 8.04. The second-order valence-electron chi connectivity index (χ2n) is 4.32. The molecule has 0 fully saturated rings. The average molecular weight is 270 g/mol. The standard InChI is InChI=1S/C11H17F3O4/c1-6(2)17-9(15)5-8(11(12,13)14)10(16)18-7(3)4/h6-8H,5H2,1-4H3. The van der Waals surface area contributed by atoms with Crippen molar-refractivity contribution < 1.29 is 32.2 Å². The number of esters is 2. The lowest BCUT2D eigenvalue weighted by Gasteiger charge is -2.20. The number of ether oxygens (including phenoxy) is 2. The Hall–Kier alpha value is -1.27. The van der Waals surface area contributed by atoms with E-state index in [0.29, 0.717) is 0 Å². The zero-order valence-electron chi connectivity index (χ0n) is 10.7. The van der Waals surface area contributed by atoms with Crippen molar-refractivity contribution in [2.45, 2.75) is 52.5 Å². The van der Waals surface area contributed by atoms with E-state index in [2.05, 4.69) is 9.47 Å². The molecule has 0 spiro atoms. The smallest absolute Gasteiger partial charge is 0.402 e. The minimum Gasteiger partial charge on any atom is -0.463 e. The van der Waals surface area contributed by atoms with Crippen LogP contribution in [0.15, 0.2) is 0 Å². The molecule has 0 aromatic rings. The summed E-state index contributed by atoms with van der Waals surface area (Å²) in [5, 5.41) is 0. The topological polar surface area (TPSA) is 52.6 Å². The Morgan fingerprint density at radius 3 is 1.78 bits per heavy atom. The van der Waals surface area contributed by atoms with Crippen molar-refractivity contribution in [1.29, 1.82) is 0 Å². The third-order valence-corrected chi connectivity index (χ3v) is 1.77. The van der Waals surface area contributed by atoms with Crippen LogP contribution in [0.2, 0.25) is 0 Å². The molecule has 0 aliphatic heterocycles. The Bertz CT molecular complexity index is 297. The van der Waals surface area contributed by atoms with Crippen LogP contribution in [0, 0.1) is 5.92 Å². The third kappa shape index (κ3) is 6.46. The molecule has 18 heavy (non-hydrogen) atoms. The lowest BCUT2D eigenvalue weighted by molar-refractivity contribution is -0.205. The molecule has 1 atom stereocenters. The summed E-state index contributed by atoms with van der Waals surface area (Å²) in [4.78, 5) is 22.4. The van der Waals surface area contributed by atoms with E-state index >= 15 is 0 Å². The number of alkyl halides is 3. The predicted molar refractivity (Wildman–Crippen MR) is 56.6 cm³/mol. The molecule has 0 rings (SSSR count). The van der Waals surface area contributed by atoms with Crippen molar-refractivity contribution in [1.82, 2.24) is 0 Å². The minimum absolute atomic E-state index is 0.535. The maximum atomic E-state index is 12.6. The lowest BCUT2D eigenvalue weighted by atomic mass is 10.1. The fourth-order valence-electron chi connectivity index (χ4n) is 1.12. The van der Waals surface area contributed by atoms with Crippen LogP contribution in [0.3, 0.4) is 0 Å². The molecule has 7 heteroatoms. The van der Waals surface area contributed by atoms with Gasteiger partial charge in [-0.3, -0.25) is 9.59 Å². The third-order valence-electron chi connectivity index (χ3n) is 1.77. The van der Waals surface area contributed by atoms with Gasteiger partial charge in [0.15, 0.2) is 5.92 Å². The second kappa shape index (κ2) is 6.61. The quantitative estimate of drug-likeness (QED) is 0.720. The zero-order chi connectivity index (χ0) is 14.5. The van der Waals surface area contributed by atoms with Gasteiger partial charge in [0.2, 0.25) is 0 Å². The fraction of sp³-hybridized carbons (Fsp3) is 0.818. The molecule has 0 N–H and O–H groups in total. The monoisotopic (exact) mass is 270 g/mol. The number of halogens is 3. The van der Waals surface area contributed by atoms with E-state index in [0.717, 1.165) is 0 Å². The van der Waals surface area contributed by atoms with E-state index in [1.807, 2.05) is 0 Å². The first-order valence-electron chi connectivity index (χ1n) is 5.50. The minimum atomic E-state index is -4.83. The normalized spacial score (nSPS) is 13.6. The molecule has 0 aliphatic rings. The summed E-state index contributed by atoms with van der Waals surface area (Å²) in [6.45, 7) is 5.87. The summed E-state index contributed by atoms with van der Waals surface area (Å²) in [7, 11) is 0. The van der Waals surface area contributed by atoms with Crippen LogP contribution in [0.25, 0.3) is 0 Å². The summed E-state index contributed by atoms with van der Waals surface area (Å²) < 4.78 is 46.9. The van der Waals surface area contributed by atoms with Gasteiger partial charge in [0, 0.05) is 0 Å². The maximum absolute atomic E-state index is 12.6. The summed E-state index contributed by atoms with van der Waals surface area (Å²) in [6.07, 6.45) is -7.11. The van der Waals surface area contributed by atoms with Gasteiger partial charge in [-0.25, -0.2) is 0 Å². The van der Waals surface area contributed by atoms with Gasteiger partial charge in [-0.05, 0) is 27.7 Å². The van der Waals surface area contributed by atoms with Gasteiger partial charge in [-0.2, -0.15) is 13.2 Å². The molecular weight excluding hydrogens is 253 g/mol. The van der Waals surface area contributed by atoms with Gasteiger partial charge < -0.3 is 9.47 Å². The first kappa shape index (κ1) is 16.7. The van der Waals surface area contributed by atoms with Crippen LogP contribution in [0.4, 0.5) is 13.2 Å². The maximum Gasteiger partial charge on any atom is 0.402 e. The molecule has 106 valence electrons. The van der Waals surface area contributed by atoms with Crippen LogP contribution < -0.4 is 0 Å². The van der Waals surface area contributed by atoms with Crippen LogP contribution in [0.1, 0.15) is 34.1 Å². The number of carbonyl (C=O) groups excluding carboxylic acids is 2. The Balaban J connectivity index is 4.71. The molecule has 0 amide bonds. The van der Waals surface area contributed by atoms with Gasteiger partial charge >= 0.3 is 18.1 Å². The van der Waals surface area contributed by atoms with Crippen molar-refractivity contribution in [3.05, 3.63) is 0 Å². The molecule has 0 aromatic carbocycles. The van der Waals surface area contributed by atoms with Gasteiger partial charge in [0.25, 0.3) is 0 Å². The molecule has 0 aliphatic carbocycles. The number of carbonyl (C=O) groups is 2. The fourth-order valence-corrected chi connectivity index (χ4v) is 1.12. The van der Waals surface area contributed by atoms with E-state index in [-0.39, 0.29) is 0 Å². The van der Waals surface area contributed by atoms with Crippen LogP contribution in [-0.4, -0.2) is 30.3 Å². The Kier molecular flexibility index (Phi) is 6.14. The largest absolute Gasteiger partial charge is 0.463 e. The number of hydrogen-bond acceptors (Lipinski definition) is 4. The van der Waals surface area contributed by atoms with Gasteiger partial charge in [0.05, 0.1) is 18.6 Å². The molecular formula is C11H17F3O4. The molecule has 0 aromatic heterocycles. The highest BCUT2D eigenvalue weighted by atomic mass is 19.4. The van der Waals surface area contributed by atoms with Crippen molar-refractivity contribution in [2.24, 2.45) is 5.92 Å². The highest BCUT2D eigenvalue weighted by Crippen LogP contribution is 2.30. The molecule has 0 saturated carbocycles. The Labute approximate surface area is 103 Å². The van der Waals surface area contributed by atoms with Crippen LogP contribution >= 0.6 is 0 Å². The van der Waals surface area contributed by atoms with Gasteiger partial charge in [-0.1, -0.05) is 0 Å². The number of hydrogen-bond donors (Lipinski definition) is 0. The average Bonchev–Trinajstić information content (AvgIpc) is 2.09. The van der Waals surface area contributed by atoms with Gasteiger partial charge in [-0.15, -0.1) is 0 Å². The Morgan fingerprint density at radius 2 is 1.44 bits per heavy atom. The molecule has 4 nitrogen and oxygen atoms in total. The summed E-state index contributed by atoms with van der Waals surface area (Å²) in [6, 6.07) is 0. The van der Waals surface area contributed by atoms with Crippen LogP contribution in [-0.2, 0) is 19.1 Å². The first-order valence-corrected chi connectivity index (χ1v) is 5.50. The van der Waals surface area contributed by atoms with Gasteiger partial charge in [0.1, 0.15) is 0 Å². The van der Waals surface area contributed by atoms with Crippen molar-refractivity contribution in [2.75, 3.05) is 0 Å². The van der Waals surface area contributed by atoms with Crippen LogP contribution in [0.5, 0.6) is 0 Å². The highest BCUT2D eigenvalue weighted by Gasteiger charge is 2.47. The molecule has 0 heterocycles. The summed E-state index contributed by atoms with van der Waals surface area (Å²) >= 11 is 0. The molecule has 0 radical (unpaired) electrons. The lowest BCUT2D eigenvalue weighted by Crippen LogP contribution is -2.36. The van der Waals surface area contributed by atoms with E-state index in [1.165, 1.54) is 27.7 Å².